The van der Waals surface area contributed by atoms with Gasteiger partial charge in [0.2, 0.25) is 0 Å². The summed E-state index contributed by atoms with van der Waals surface area (Å²) in [6.45, 7) is 3.65. The number of rotatable bonds is 2. The average Bonchev–Trinajstić information content (AvgIpc) is 2.79. The van der Waals surface area contributed by atoms with Crippen LogP contribution in [0, 0.1) is 13.8 Å². The number of nitrogens with zero attached hydrogens (tertiary/aromatic N) is 4. The Morgan fingerprint density at radius 1 is 1.00 bits per heavy atom. The minimum absolute atomic E-state index is 0.220. The Morgan fingerprint density at radius 3 is 2.48 bits per heavy atom. The van der Waals surface area contributed by atoms with E-state index in [1.807, 2.05) is 25.3 Å². The quantitative estimate of drug-likeness (QED) is 0.584. The van der Waals surface area contributed by atoms with Crippen molar-refractivity contribution < 1.29 is 13.2 Å². The van der Waals surface area contributed by atoms with Gasteiger partial charge in [-0.15, -0.1) is 10.2 Å². The first-order chi connectivity index (χ1) is 10.9. The molecule has 3 rings (SSSR count). The lowest BCUT2D eigenvalue weighted by molar-refractivity contribution is -0.137. The number of fused-ring (bicyclic) bond motifs is 1. The van der Waals surface area contributed by atoms with Gasteiger partial charge in [0.25, 0.3) is 0 Å². The van der Waals surface area contributed by atoms with Crippen molar-refractivity contribution in [3.05, 3.63) is 59.4 Å². The largest absolute Gasteiger partial charge is 0.418 e. The normalized spacial score (nSPS) is 12.4. The van der Waals surface area contributed by atoms with Gasteiger partial charge >= 0.3 is 6.18 Å². The number of aromatic nitrogens is 2. The molecule has 0 saturated carbocycles. The highest BCUT2D eigenvalue weighted by atomic mass is 19.4. The van der Waals surface area contributed by atoms with Crippen LogP contribution < -0.4 is 0 Å². The summed E-state index contributed by atoms with van der Waals surface area (Å²) in [5, 5.41) is 7.80. The van der Waals surface area contributed by atoms with Crippen molar-refractivity contribution >= 4 is 17.2 Å². The van der Waals surface area contributed by atoms with E-state index >= 15 is 0 Å². The summed E-state index contributed by atoms with van der Waals surface area (Å²) < 4.78 is 40.7. The number of azo groups is 1. The van der Waals surface area contributed by atoms with E-state index in [2.05, 4.69) is 15.2 Å². The molecule has 2 aromatic heterocycles. The summed E-state index contributed by atoms with van der Waals surface area (Å²) in [5.41, 5.74) is 1.23. The zero-order chi connectivity index (χ0) is 16.6. The molecule has 7 heteroatoms. The molecule has 0 spiro atoms. The van der Waals surface area contributed by atoms with Crippen LogP contribution in [-0.4, -0.2) is 9.38 Å². The second kappa shape index (κ2) is 5.49. The van der Waals surface area contributed by atoms with E-state index in [4.69, 9.17) is 0 Å². The second-order valence-electron chi connectivity index (χ2n) is 5.17. The van der Waals surface area contributed by atoms with Crippen LogP contribution in [0.15, 0.2) is 52.8 Å². The summed E-state index contributed by atoms with van der Waals surface area (Å²) in [5.74, 6) is 0.417. The average molecular weight is 318 g/mol. The smallest absolute Gasteiger partial charge is 0.283 e. The zero-order valence-electron chi connectivity index (χ0n) is 12.5. The maximum Gasteiger partial charge on any atom is 0.418 e. The molecule has 3 aromatic rings. The first kappa shape index (κ1) is 15.2. The van der Waals surface area contributed by atoms with Crippen LogP contribution in [0.4, 0.5) is 24.7 Å². The van der Waals surface area contributed by atoms with Gasteiger partial charge in [-0.25, -0.2) is 4.98 Å². The molecule has 0 fully saturated rings. The van der Waals surface area contributed by atoms with E-state index in [9.17, 15) is 13.2 Å². The van der Waals surface area contributed by atoms with E-state index in [0.29, 0.717) is 17.2 Å². The molecule has 0 aliphatic rings. The molecule has 118 valence electrons. The van der Waals surface area contributed by atoms with E-state index < -0.39 is 11.7 Å². The fraction of sp³-hybridized carbons (Fsp3) is 0.188. The van der Waals surface area contributed by atoms with E-state index in [-0.39, 0.29) is 5.69 Å². The fourth-order valence-electron chi connectivity index (χ4n) is 2.28. The van der Waals surface area contributed by atoms with Crippen molar-refractivity contribution in [1.82, 2.24) is 9.38 Å². The van der Waals surface area contributed by atoms with Gasteiger partial charge in [-0.1, -0.05) is 18.2 Å². The van der Waals surface area contributed by atoms with Crippen molar-refractivity contribution in [3.63, 3.8) is 0 Å². The van der Waals surface area contributed by atoms with Gasteiger partial charge in [0.05, 0.1) is 16.9 Å². The topological polar surface area (TPSA) is 42.0 Å². The van der Waals surface area contributed by atoms with Crippen LogP contribution in [-0.2, 0) is 6.18 Å². The number of hydrogen-bond donors (Lipinski definition) is 0. The SMILES string of the molecule is Cc1ccc2nc(C)c(N=Nc3ccccc3C(F)(F)F)n2c1. The van der Waals surface area contributed by atoms with Crippen LogP contribution in [0.2, 0.25) is 0 Å². The van der Waals surface area contributed by atoms with E-state index in [1.165, 1.54) is 18.2 Å². The standard InChI is InChI=1S/C16H13F3N4/c1-10-7-8-14-20-11(2)15(23(14)9-10)22-21-13-6-4-3-5-12(13)16(17,18)19/h3-9H,1-2H3. The van der Waals surface area contributed by atoms with Crippen LogP contribution in [0.3, 0.4) is 0 Å². The Morgan fingerprint density at radius 2 is 1.74 bits per heavy atom. The Balaban J connectivity index is 2.08. The highest BCUT2D eigenvalue weighted by Crippen LogP contribution is 2.36. The van der Waals surface area contributed by atoms with Crippen molar-refractivity contribution in [2.45, 2.75) is 20.0 Å². The Labute approximate surface area is 130 Å². The van der Waals surface area contributed by atoms with Gasteiger partial charge in [0.15, 0.2) is 5.82 Å². The summed E-state index contributed by atoms with van der Waals surface area (Å²) in [7, 11) is 0. The van der Waals surface area contributed by atoms with Crippen molar-refractivity contribution in [2.24, 2.45) is 10.2 Å². The van der Waals surface area contributed by atoms with Gasteiger partial charge in [0.1, 0.15) is 5.65 Å². The number of halogens is 3. The molecular formula is C16H13F3N4. The minimum Gasteiger partial charge on any atom is -0.283 e. The van der Waals surface area contributed by atoms with E-state index in [1.54, 1.807) is 11.3 Å². The number of pyridine rings is 1. The molecule has 23 heavy (non-hydrogen) atoms. The van der Waals surface area contributed by atoms with Gasteiger partial charge in [-0.3, -0.25) is 4.40 Å². The van der Waals surface area contributed by atoms with Gasteiger partial charge in [0, 0.05) is 6.20 Å². The number of alkyl halides is 3. The molecule has 0 atom stereocenters. The molecular weight excluding hydrogens is 305 g/mol. The Kier molecular flexibility index (Phi) is 3.63. The van der Waals surface area contributed by atoms with Crippen LogP contribution in [0.25, 0.3) is 5.65 Å². The van der Waals surface area contributed by atoms with Crippen molar-refractivity contribution in [3.8, 4) is 0 Å². The number of benzene rings is 1. The summed E-state index contributed by atoms with van der Waals surface area (Å²) in [6.07, 6.45) is -2.65. The highest BCUT2D eigenvalue weighted by Gasteiger charge is 2.33. The van der Waals surface area contributed by atoms with Crippen LogP contribution >= 0.6 is 0 Å². The molecule has 0 unspecified atom stereocenters. The number of hydrogen-bond acceptors (Lipinski definition) is 3. The van der Waals surface area contributed by atoms with Crippen LogP contribution in [0.5, 0.6) is 0 Å². The highest BCUT2D eigenvalue weighted by molar-refractivity contribution is 5.53. The molecule has 0 amide bonds. The first-order valence-corrected chi connectivity index (χ1v) is 6.89. The van der Waals surface area contributed by atoms with Crippen LogP contribution in [0.1, 0.15) is 16.8 Å². The molecule has 0 bridgehead atoms. The lowest BCUT2D eigenvalue weighted by Crippen LogP contribution is -2.04. The first-order valence-electron chi connectivity index (χ1n) is 6.89. The number of imidazole rings is 1. The summed E-state index contributed by atoms with van der Waals surface area (Å²) in [6, 6.07) is 8.82. The van der Waals surface area contributed by atoms with Crippen molar-refractivity contribution in [2.75, 3.05) is 0 Å². The monoisotopic (exact) mass is 318 g/mol. The lowest BCUT2D eigenvalue weighted by Gasteiger charge is -2.08. The maximum absolute atomic E-state index is 13.0. The Hall–Kier alpha value is -2.70. The number of aryl methyl sites for hydroxylation is 2. The fourth-order valence-corrected chi connectivity index (χ4v) is 2.28. The van der Waals surface area contributed by atoms with Crippen molar-refractivity contribution in [1.29, 1.82) is 0 Å². The third kappa shape index (κ3) is 2.94. The van der Waals surface area contributed by atoms with Gasteiger partial charge in [-0.05, 0) is 37.6 Å². The maximum atomic E-state index is 13.0. The van der Waals surface area contributed by atoms with E-state index in [0.717, 1.165) is 11.6 Å². The third-order valence-electron chi connectivity index (χ3n) is 3.37. The minimum atomic E-state index is -4.47. The molecule has 0 N–H and O–H groups in total. The molecule has 0 aliphatic heterocycles. The zero-order valence-corrected chi connectivity index (χ0v) is 12.5. The predicted molar refractivity (Wildman–Crippen MR) is 80.3 cm³/mol. The van der Waals surface area contributed by atoms with Gasteiger partial charge in [-0.2, -0.15) is 13.2 Å². The molecule has 0 radical (unpaired) electrons. The molecule has 0 aliphatic carbocycles. The van der Waals surface area contributed by atoms with Gasteiger partial charge < -0.3 is 0 Å². The molecule has 4 nitrogen and oxygen atoms in total. The molecule has 2 heterocycles. The Bertz CT molecular complexity index is 894. The third-order valence-corrected chi connectivity index (χ3v) is 3.37. The summed E-state index contributed by atoms with van der Waals surface area (Å²) in [4.78, 5) is 4.32. The predicted octanol–water partition coefficient (Wildman–Crippen LogP) is 5.39. The molecule has 0 saturated heterocycles. The lowest BCUT2D eigenvalue weighted by atomic mass is 10.2. The summed E-state index contributed by atoms with van der Waals surface area (Å²) >= 11 is 0. The molecule has 1 aromatic carbocycles. The second-order valence-corrected chi connectivity index (χ2v) is 5.17.